The summed E-state index contributed by atoms with van der Waals surface area (Å²) in [6, 6.07) is 8.40. The van der Waals surface area contributed by atoms with Gasteiger partial charge in [0, 0.05) is 12.6 Å². The van der Waals surface area contributed by atoms with Crippen molar-refractivity contribution >= 4 is 11.5 Å². The van der Waals surface area contributed by atoms with Crippen LogP contribution in [0.2, 0.25) is 0 Å². The molecule has 3 heterocycles. The van der Waals surface area contributed by atoms with Crippen LogP contribution >= 0.6 is 0 Å². The molecule has 4 rings (SSSR count). The zero-order valence-electron chi connectivity index (χ0n) is 15.1. The van der Waals surface area contributed by atoms with Gasteiger partial charge in [0.2, 0.25) is 0 Å². The van der Waals surface area contributed by atoms with E-state index in [2.05, 4.69) is 21.8 Å². The standard InChI is InChI=1S/C20H25FN4O/c1-2-23-11-8-15(9-12-23)14-24-18(16-3-5-17(21)6-4-16)13-20(26)25-19(24)7-10-22-25/h3-7,10,13,15,20,26H,2,8-9,11-12,14H2,1H3. The van der Waals surface area contributed by atoms with Gasteiger partial charge in [-0.3, -0.25) is 0 Å². The molecule has 1 fully saturated rings. The van der Waals surface area contributed by atoms with Crippen LogP contribution in [0, 0.1) is 11.7 Å². The number of likely N-dealkylation sites (tertiary alicyclic amines) is 1. The van der Waals surface area contributed by atoms with E-state index in [0.717, 1.165) is 56.1 Å². The topological polar surface area (TPSA) is 44.5 Å². The van der Waals surface area contributed by atoms with E-state index in [1.165, 1.54) is 12.1 Å². The Bertz CT molecular complexity index is 777. The van der Waals surface area contributed by atoms with Crippen LogP contribution in [0.4, 0.5) is 10.2 Å². The number of fused-ring (bicyclic) bond motifs is 1. The molecule has 2 aliphatic heterocycles. The maximum Gasteiger partial charge on any atom is 0.170 e. The molecule has 0 saturated carbocycles. The van der Waals surface area contributed by atoms with Crippen LogP contribution in [-0.2, 0) is 0 Å². The van der Waals surface area contributed by atoms with Crippen LogP contribution in [0.5, 0.6) is 0 Å². The third kappa shape index (κ3) is 3.27. The molecule has 0 bridgehead atoms. The highest BCUT2D eigenvalue weighted by Gasteiger charge is 2.29. The third-order valence-electron chi connectivity index (χ3n) is 5.51. The van der Waals surface area contributed by atoms with Crippen LogP contribution in [0.15, 0.2) is 42.6 Å². The first-order chi connectivity index (χ1) is 12.7. The van der Waals surface area contributed by atoms with Gasteiger partial charge in [-0.2, -0.15) is 5.10 Å². The Balaban J connectivity index is 1.62. The molecule has 6 heteroatoms. The molecular formula is C20H25FN4O. The van der Waals surface area contributed by atoms with E-state index in [-0.39, 0.29) is 5.82 Å². The highest BCUT2D eigenvalue weighted by atomic mass is 19.1. The molecule has 5 nitrogen and oxygen atoms in total. The van der Waals surface area contributed by atoms with Gasteiger partial charge in [-0.1, -0.05) is 6.92 Å². The van der Waals surface area contributed by atoms with E-state index in [1.807, 2.05) is 6.07 Å². The van der Waals surface area contributed by atoms with Crippen molar-refractivity contribution in [2.24, 2.45) is 5.92 Å². The molecule has 26 heavy (non-hydrogen) atoms. The predicted octanol–water partition coefficient (Wildman–Crippen LogP) is 3.11. The Morgan fingerprint density at radius 2 is 1.88 bits per heavy atom. The number of halogens is 1. The van der Waals surface area contributed by atoms with Gasteiger partial charge in [-0.05, 0) is 74.3 Å². The number of anilines is 1. The molecule has 1 unspecified atom stereocenters. The van der Waals surface area contributed by atoms with Crippen molar-refractivity contribution in [3.05, 3.63) is 54.0 Å². The lowest BCUT2D eigenvalue weighted by Gasteiger charge is -2.38. The molecule has 0 amide bonds. The second kappa shape index (κ2) is 7.21. The van der Waals surface area contributed by atoms with Crippen molar-refractivity contribution in [1.29, 1.82) is 0 Å². The Morgan fingerprint density at radius 3 is 2.58 bits per heavy atom. The Hall–Kier alpha value is -2.18. The zero-order valence-corrected chi connectivity index (χ0v) is 15.1. The third-order valence-corrected chi connectivity index (χ3v) is 5.51. The van der Waals surface area contributed by atoms with Crippen LogP contribution < -0.4 is 4.90 Å². The summed E-state index contributed by atoms with van der Waals surface area (Å²) in [5, 5.41) is 14.7. The molecule has 1 atom stereocenters. The number of benzene rings is 1. The normalized spacial score (nSPS) is 21.6. The molecule has 1 N–H and O–H groups in total. The average molecular weight is 356 g/mol. The summed E-state index contributed by atoms with van der Waals surface area (Å²) in [5.74, 6) is 1.21. The molecule has 0 spiro atoms. The number of aromatic nitrogens is 2. The van der Waals surface area contributed by atoms with Crippen LogP contribution in [-0.4, -0.2) is 46.0 Å². The van der Waals surface area contributed by atoms with Crippen molar-refractivity contribution in [3.63, 3.8) is 0 Å². The highest BCUT2D eigenvalue weighted by Crippen LogP contribution is 2.35. The first-order valence-electron chi connectivity index (χ1n) is 9.35. The second-order valence-corrected chi connectivity index (χ2v) is 7.09. The average Bonchev–Trinajstić information content (AvgIpc) is 3.16. The van der Waals surface area contributed by atoms with Gasteiger partial charge >= 0.3 is 0 Å². The monoisotopic (exact) mass is 356 g/mol. The summed E-state index contributed by atoms with van der Waals surface area (Å²) in [6.07, 6.45) is 5.04. The van der Waals surface area contributed by atoms with Gasteiger partial charge in [0.25, 0.3) is 0 Å². The van der Waals surface area contributed by atoms with E-state index in [4.69, 9.17) is 0 Å². The Morgan fingerprint density at radius 1 is 1.15 bits per heavy atom. The van der Waals surface area contributed by atoms with E-state index in [0.29, 0.717) is 5.92 Å². The van der Waals surface area contributed by atoms with Crippen molar-refractivity contribution < 1.29 is 9.50 Å². The van der Waals surface area contributed by atoms with E-state index in [9.17, 15) is 9.50 Å². The van der Waals surface area contributed by atoms with E-state index >= 15 is 0 Å². The molecule has 0 radical (unpaired) electrons. The van der Waals surface area contributed by atoms with Crippen LogP contribution in [0.3, 0.4) is 0 Å². The van der Waals surface area contributed by atoms with Crippen LogP contribution in [0.25, 0.3) is 5.70 Å². The summed E-state index contributed by atoms with van der Waals surface area (Å²) < 4.78 is 15.0. The van der Waals surface area contributed by atoms with E-state index in [1.54, 1.807) is 29.1 Å². The fourth-order valence-electron chi connectivity index (χ4n) is 3.96. The van der Waals surface area contributed by atoms with Gasteiger partial charge in [0.1, 0.15) is 11.6 Å². The first-order valence-corrected chi connectivity index (χ1v) is 9.35. The summed E-state index contributed by atoms with van der Waals surface area (Å²) >= 11 is 0. The number of hydrogen-bond acceptors (Lipinski definition) is 4. The minimum absolute atomic E-state index is 0.255. The van der Waals surface area contributed by atoms with Crippen molar-refractivity contribution in [1.82, 2.24) is 14.7 Å². The largest absolute Gasteiger partial charge is 0.368 e. The molecule has 1 aromatic heterocycles. The number of aliphatic hydroxyl groups excluding tert-OH is 1. The molecule has 138 valence electrons. The number of nitrogens with zero attached hydrogens (tertiary/aromatic N) is 4. The maximum absolute atomic E-state index is 13.4. The zero-order chi connectivity index (χ0) is 18.1. The first kappa shape index (κ1) is 17.2. The summed E-state index contributed by atoms with van der Waals surface area (Å²) in [4.78, 5) is 4.71. The van der Waals surface area contributed by atoms with Gasteiger partial charge in [-0.15, -0.1) is 0 Å². The molecular weight excluding hydrogens is 331 g/mol. The lowest BCUT2D eigenvalue weighted by Crippen LogP contribution is -2.40. The molecule has 0 aliphatic carbocycles. The summed E-state index contributed by atoms with van der Waals surface area (Å²) in [5.41, 5.74) is 1.83. The molecule has 1 aromatic carbocycles. The van der Waals surface area contributed by atoms with Gasteiger partial charge in [0.15, 0.2) is 6.23 Å². The lowest BCUT2D eigenvalue weighted by molar-refractivity contribution is 0.138. The Kier molecular flexibility index (Phi) is 4.78. The molecule has 2 aliphatic rings. The van der Waals surface area contributed by atoms with Crippen molar-refractivity contribution in [3.8, 4) is 0 Å². The van der Waals surface area contributed by atoms with E-state index < -0.39 is 6.23 Å². The molecule has 1 saturated heterocycles. The van der Waals surface area contributed by atoms with Gasteiger partial charge < -0.3 is 14.9 Å². The number of rotatable bonds is 4. The maximum atomic E-state index is 13.4. The van der Waals surface area contributed by atoms with Gasteiger partial charge in [0.05, 0.1) is 11.9 Å². The van der Waals surface area contributed by atoms with Crippen molar-refractivity contribution in [2.75, 3.05) is 31.1 Å². The highest BCUT2D eigenvalue weighted by molar-refractivity contribution is 5.80. The predicted molar refractivity (Wildman–Crippen MR) is 100 cm³/mol. The van der Waals surface area contributed by atoms with Crippen molar-refractivity contribution in [2.45, 2.75) is 26.0 Å². The number of hydrogen-bond donors (Lipinski definition) is 1. The number of aliphatic hydroxyl groups is 1. The second-order valence-electron chi connectivity index (χ2n) is 7.09. The summed E-state index contributed by atoms with van der Waals surface area (Å²) in [7, 11) is 0. The fourth-order valence-corrected chi connectivity index (χ4v) is 3.96. The Labute approximate surface area is 153 Å². The minimum atomic E-state index is -0.807. The summed E-state index contributed by atoms with van der Waals surface area (Å²) in [6.45, 7) is 6.45. The fraction of sp³-hybridized carbons (Fsp3) is 0.450. The minimum Gasteiger partial charge on any atom is -0.368 e. The van der Waals surface area contributed by atoms with Gasteiger partial charge in [-0.25, -0.2) is 9.07 Å². The smallest absolute Gasteiger partial charge is 0.170 e. The lowest BCUT2D eigenvalue weighted by atomic mass is 9.95. The molecule has 2 aromatic rings. The quantitative estimate of drug-likeness (QED) is 0.914. The SMILES string of the molecule is CCN1CCC(CN2C(c3ccc(F)cc3)=CC(O)n3nccc32)CC1. The van der Waals surface area contributed by atoms with Crippen LogP contribution in [0.1, 0.15) is 31.6 Å². The number of piperidine rings is 1.